The maximum Gasteiger partial charge on any atom is 0.0771 e. The fourth-order valence-corrected chi connectivity index (χ4v) is 2.89. The first-order valence-corrected chi connectivity index (χ1v) is 6.33. The Hall–Kier alpha value is -0.120. The molecule has 0 heterocycles. The summed E-state index contributed by atoms with van der Waals surface area (Å²) in [6.07, 6.45) is 8.26. The molecule has 2 aliphatic carbocycles. The molecule has 2 unspecified atom stereocenters. The van der Waals surface area contributed by atoms with Crippen LogP contribution in [0, 0.1) is 0 Å². The Kier molecular flexibility index (Phi) is 3.65. The highest BCUT2D eigenvalue weighted by atomic mass is 16.3. The van der Waals surface area contributed by atoms with Crippen molar-refractivity contribution in [2.24, 2.45) is 0 Å². The van der Waals surface area contributed by atoms with Crippen LogP contribution in [0.25, 0.3) is 0 Å². The minimum Gasteiger partial charge on any atom is -0.392 e. The molecule has 3 nitrogen and oxygen atoms in total. The van der Waals surface area contributed by atoms with Gasteiger partial charge >= 0.3 is 0 Å². The smallest absolute Gasteiger partial charge is 0.0771 e. The topological polar surface area (TPSA) is 52.5 Å². The molecule has 3 N–H and O–H groups in total. The van der Waals surface area contributed by atoms with E-state index in [2.05, 4.69) is 5.32 Å². The molecule has 0 aliphatic heterocycles. The van der Waals surface area contributed by atoms with E-state index < -0.39 is 5.60 Å². The normalized spacial score (nSPS) is 35.6. The van der Waals surface area contributed by atoms with Crippen molar-refractivity contribution in [3.8, 4) is 0 Å². The monoisotopic (exact) mass is 213 g/mol. The first kappa shape index (κ1) is 11.4. The van der Waals surface area contributed by atoms with Crippen LogP contribution >= 0.6 is 0 Å². The molecule has 0 aromatic heterocycles. The molecule has 0 spiro atoms. The first-order chi connectivity index (χ1) is 7.20. The maximum atomic E-state index is 10.3. The zero-order valence-electron chi connectivity index (χ0n) is 9.41. The van der Waals surface area contributed by atoms with E-state index >= 15 is 0 Å². The Morgan fingerprint density at radius 2 is 1.80 bits per heavy atom. The third-order valence-corrected chi connectivity index (χ3v) is 3.96. The Bertz CT molecular complexity index is 202. The standard InChI is InChI=1S/C12H23NO2/c14-11-6-4-5-10(11)13-9-12(15)7-2-1-3-8-12/h10-11,13-15H,1-9H2. The van der Waals surface area contributed by atoms with E-state index in [0.29, 0.717) is 6.54 Å². The van der Waals surface area contributed by atoms with Crippen molar-refractivity contribution in [3.63, 3.8) is 0 Å². The molecule has 2 aliphatic rings. The Morgan fingerprint density at radius 1 is 1.07 bits per heavy atom. The molecular weight excluding hydrogens is 190 g/mol. The van der Waals surface area contributed by atoms with Gasteiger partial charge in [-0.25, -0.2) is 0 Å². The van der Waals surface area contributed by atoms with Crippen LogP contribution in [-0.4, -0.2) is 34.5 Å². The van der Waals surface area contributed by atoms with E-state index in [4.69, 9.17) is 0 Å². The SMILES string of the molecule is OC1CCCC1NCC1(O)CCCCC1. The molecule has 2 fully saturated rings. The molecule has 15 heavy (non-hydrogen) atoms. The number of aliphatic hydroxyl groups excluding tert-OH is 1. The molecule has 0 aromatic carbocycles. The average Bonchev–Trinajstić information content (AvgIpc) is 2.62. The van der Waals surface area contributed by atoms with Gasteiger partial charge < -0.3 is 15.5 Å². The van der Waals surface area contributed by atoms with Gasteiger partial charge in [0.1, 0.15) is 0 Å². The summed E-state index contributed by atoms with van der Waals surface area (Å²) in [5, 5.41) is 23.3. The molecule has 3 heteroatoms. The molecule has 0 radical (unpaired) electrons. The van der Waals surface area contributed by atoms with Crippen molar-refractivity contribution in [2.45, 2.75) is 69.1 Å². The summed E-state index contributed by atoms with van der Waals surface area (Å²) in [6.45, 7) is 0.661. The van der Waals surface area contributed by atoms with E-state index in [1.807, 2.05) is 0 Å². The summed E-state index contributed by atoms with van der Waals surface area (Å²) < 4.78 is 0. The van der Waals surface area contributed by atoms with E-state index in [-0.39, 0.29) is 12.1 Å². The van der Waals surface area contributed by atoms with Gasteiger partial charge in [0.2, 0.25) is 0 Å². The highest BCUT2D eigenvalue weighted by Crippen LogP contribution is 2.28. The van der Waals surface area contributed by atoms with Crippen molar-refractivity contribution in [1.29, 1.82) is 0 Å². The molecule has 2 atom stereocenters. The highest BCUT2D eigenvalue weighted by Gasteiger charge is 2.32. The molecule has 2 saturated carbocycles. The van der Waals surface area contributed by atoms with Crippen molar-refractivity contribution in [3.05, 3.63) is 0 Å². The van der Waals surface area contributed by atoms with Crippen molar-refractivity contribution >= 4 is 0 Å². The van der Waals surface area contributed by atoms with Crippen LogP contribution in [0.1, 0.15) is 51.4 Å². The number of nitrogens with one attached hydrogen (secondary N) is 1. The second-order valence-corrected chi connectivity index (χ2v) is 5.27. The molecule has 2 rings (SSSR count). The minimum absolute atomic E-state index is 0.197. The predicted molar refractivity (Wildman–Crippen MR) is 59.7 cm³/mol. The van der Waals surface area contributed by atoms with Gasteiger partial charge in [0.25, 0.3) is 0 Å². The molecular formula is C12H23NO2. The summed E-state index contributed by atoms with van der Waals surface area (Å²) in [4.78, 5) is 0. The third kappa shape index (κ3) is 2.92. The zero-order chi connectivity index (χ0) is 10.7. The van der Waals surface area contributed by atoms with Gasteiger partial charge in [-0.3, -0.25) is 0 Å². The number of hydrogen-bond acceptors (Lipinski definition) is 3. The molecule has 0 amide bonds. The number of aliphatic hydroxyl groups is 2. The largest absolute Gasteiger partial charge is 0.392 e. The molecule has 88 valence electrons. The Labute approximate surface area is 91.9 Å². The summed E-state index contributed by atoms with van der Waals surface area (Å²) in [6, 6.07) is 0.218. The number of rotatable bonds is 3. The van der Waals surface area contributed by atoms with Crippen LogP contribution in [0.5, 0.6) is 0 Å². The minimum atomic E-state index is -0.499. The Balaban J connectivity index is 1.76. The van der Waals surface area contributed by atoms with Crippen LogP contribution in [0.3, 0.4) is 0 Å². The zero-order valence-corrected chi connectivity index (χ0v) is 9.41. The van der Waals surface area contributed by atoms with Gasteiger partial charge in [-0.15, -0.1) is 0 Å². The van der Waals surface area contributed by atoms with Crippen molar-refractivity contribution < 1.29 is 10.2 Å². The quantitative estimate of drug-likeness (QED) is 0.660. The van der Waals surface area contributed by atoms with E-state index in [9.17, 15) is 10.2 Å². The lowest BCUT2D eigenvalue weighted by Gasteiger charge is -2.33. The third-order valence-electron chi connectivity index (χ3n) is 3.96. The molecule has 0 bridgehead atoms. The van der Waals surface area contributed by atoms with E-state index in [1.54, 1.807) is 0 Å². The van der Waals surface area contributed by atoms with Gasteiger partial charge in [-0.1, -0.05) is 19.3 Å². The second-order valence-electron chi connectivity index (χ2n) is 5.27. The van der Waals surface area contributed by atoms with Crippen LogP contribution in [0.15, 0.2) is 0 Å². The summed E-state index contributed by atoms with van der Waals surface area (Å²) >= 11 is 0. The van der Waals surface area contributed by atoms with Gasteiger partial charge in [0.05, 0.1) is 11.7 Å². The fraction of sp³-hybridized carbons (Fsp3) is 1.00. The molecule has 0 saturated heterocycles. The summed E-state index contributed by atoms with van der Waals surface area (Å²) in [5.74, 6) is 0. The van der Waals surface area contributed by atoms with Gasteiger partial charge in [0, 0.05) is 12.6 Å². The maximum absolute atomic E-state index is 10.3. The first-order valence-electron chi connectivity index (χ1n) is 6.33. The number of hydrogen-bond donors (Lipinski definition) is 3. The lowest BCUT2D eigenvalue weighted by molar-refractivity contribution is -0.000896. The van der Waals surface area contributed by atoms with Gasteiger partial charge in [-0.05, 0) is 32.1 Å². The molecule has 0 aromatic rings. The van der Waals surface area contributed by atoms with Gasteiger partial charge in [-0.2, -0.15) is 0 Å². The highest BCUT2D eigenvalue weighted by molar-refractivity contribution is 4.89. The summed E-state index contributed by atoms with van der Waals surface area (Å²) in [7, 11) is 0. The van der Waals surface area contributed by atoms with Crippen LogP contribution in [-0.2, 0) is 0 Å². The van der Waals surface area contributed by atoms with E-state index in [1.165, 1.54) is 6.42 Å². The van der Waals surface area contributed by atoms with Crippen LogP contribution < -0.4 is 5.32 Å². The van der Waals surface area contributed by atoms with Crippen LogP contribution in [0.2, 0.25) is 0 Å². The van der Waals surface area contributed by atoms with Gasteiger partial charge in [0.15, 0.2) is 0 Å². The lowest BCUT2D eigenvalue weighted by atomic mass is 9.84. The second kappa shape index (κ2) is 4.81. The lowest BCUT2D eigenvalue weighted by Crippen LogP contribution is -2.47. The van der Waals surface area contributed by atoms with Crippen LogP contribution in [0.4, 0.5) is 0 Å². The summed E-state index contributed by atoms with van der Waals surface area (Å²) in [5.41, 5.74) is -0.499. The average molecular weight is 213 g/mol. The van der Waals surface area contributed by atoms with Crippen molar-refractivity contribution in [1.82, 2.24) is 5.32 Å². The predicted octanol–water partition coefficient (Wildman–Crippen LogP) is 1.18. The fourth-order valence-electron chi connectivity index (χ4n) is 2.89. The van der Waals surface area contributed by atoms with E-state index in [0.717, 1.165) is 44.9 Å². The Morgan fingerprint density at radius 3 is 2.40 bits per heavy atom. The van der Waals surface area contributed by atoms with Crippen molar-refractivity contribution in [2.75, 3.05) is 6.54 Å².